The summed E-state index contributed by atoms with van der Waals surface area (Å²) in [5.74, 6) is -2.62. The lowest BCUT2D eigenvalue weighted by Crippen LogP contribution is -2.45. The van der Waals surface area contributed by atoms with Gasteiger partial charge < -0.3 is 25.2 Å². The van der Waals surface area contributed by atoms with Crippen LogP contribution in [0.4, 0.5) is 0 Å². The summed E-state index contributed by atoms with van der Waals surface area (Å²) >= 11 is 0. The van der Waals surface area contributed by atoms with Crippen LogP contribution in [0, 0.1) is 23.2 Å². The maximum absolute atomic E-state index is 12.6. The molecule has 8 nitrogen and oxygen atoms in total. The molecule has 3 fully saturated rings. The molecule has 2 aliphatic carbocycles. The molecule has 0 radical (unpaired) electrons. The number of aliphatic carboxylic acids is 2. The van der Waals surface area contributed by atoms with Crippen molar-refractivity contribution < 1.29 is 29.3 Å². The van der Waals surface area contributed by atoms with Gasteiger partial charge in [0.25, 0.3) is 0 Å². The van der Waals surface area contributed by atoms with Gasteiger partial charge in [0.15, 0.2) is 0 Å². The number of fused-ring (bicyclic) bond motifs is 2. The van der Waals surface area contributed by atoms with Crippen LogP contribution in [-0.4, -0.2) is 71.8 Å². The average molecular weight is 509 g/mol. The number of hydrogen-bond acceptors (Lipinski definition) is 6. The molecule has 206 valence electrons. The second-order valence-electron chi connectivity index (χ2n) is 11.1. The number of nitrogens with zero attached hydrogens (tertiary/aromatic N) is 1. The van der Waals surface area contributed by atoms with Gasteiger partial charge in [-0.25, -0.2) is 9.59 Å². The molecular weight excluding hydrogens is 460 g/mol. The monoisotopic (exact) mass is 508 g/mol. The number of unbranched alkanes of at least 4 members (excludes halogenated alkanes) is 2. The Kier molecular flexibility index (Phi) is 12.4. The van der Waals surface area contributed by atoms with E-state index in [1.165, 1.54) is 63.6 Å². The van der Waals surface area contributed by atoms with Gasteiger partial charge in [0, 0.05) is 12.5 Å². The van der Waals surface area contributed by atoms with Crippen LogP contribution in [0.15, 0.2) is 12.2 Å². The number of nitrogens with one attached hydrogen (secondary N) is 1. The summed E-state index contributed by atoms with van der Waals surface area (Å²) in [6, 6.07) is 0. The highest BCUT2D eigenvalue weighted by Crippen LogP contribution is 2.56. The molecule has 8 heteroatoms. The first-order valence-electron chi connectivity index (χ1n) is 13.9. The van der Waals surface area contributed by atoms with E-state index >= 15 is 0 Å². The molecule has 1 heterocycles. The highest BCUT2D eigenvalue weighted by Gasteiger charge is 2.54. The number of carbonyl (C=O) groups is 3. The maximum Gasteiger partial charge on any atom is 0.414 e. The lowest BCUT2D eigenvalue weighted by atomic mass is 9.55. The van der Waals surface area contributed by atoms with Crippen molar-refractivity contribution in [3.8, 4) is 0 Å². The molecule has 0 bridgehead atoms. The third-order valence-electron chi connectivity index (χ3n) is 8.35. The van der Waals surface area contributed by atoms with Crippen LogP contribution >= 0.6 is 0 Å². The quantitative estimate of drug-likeness (QED) is 0.154. The van der Waals surface area contributed by atoms with Crippen molar-refractivity contribution in [2.45, 2.75) is 91.1 Å². The SMILES string of the molecule is C=C1CCC[C@]2(C)C[C@H]3OC(=O)C(CNCCCN(CCCC)CCCC)[C@H]3C[C@@H]12.O=C(O)C(=O)O. The van der Waals surface area contributed by atoms with Crippen molar-refractivity contribution in [1.29, 1.82) is 0 Å². The predicted molar refractivity (Wildman–Crippen MR) is 140 cm³/mol. The number of esters is 1. The molecule has 1 saturated heterocycles. The van der Waals surface area contributed by atoms with Gasteiger partial charge in [-0.05, 0) is 88.9 Å². The fourth-order valence-corrected chi connectivity index (χ4v) is 6.27. The van der Waals surface area contributed by atoms with Crippen LogP contribution < -0.4 is 5.32 Å². The fourth-order valence-electron chi connectivity index (χ4n) is 6.27. The van der Waals surface area contributed by atoms with Crippen molar-refractivity contribution >= 4 is 17.9 Å². The second-order valence-corrected chi connectivity index (χ2v) is 11.1. The molecule has 0 aromatic carbocycles. The van der Waals surface area contributed by atoms with Gasteiger partial charge in [0.2, 0.25) is 0 Å². The van der Waals surface area contributed by atoms with Crippen molar-refractivity contribution in [3.63, 3.8) is 0 Å². The van der Waals surface area contributed by atoms with Gasteiger partial charge in [0.05, 0.1) is 5.92 Å². The van der Waals surface area contributed by atoms with Gasteiger partial charge in [-0.15, -0.1) is 0 Å². The number of ether oxygens (including phenoxy) is 1. The lowest BCUT2D eigenvalue weighted by Gasteiger charge is -2.50. The van der Waals surface area contributed by atoms with E-state index in [-0.39, 0.29) is 18.0 Å². The first-order chi connectivity index (χ1) is 17.1. The minimum Gasteiger partial charge on any atom is -0.473 e. The van der Waals surface area contributed by atoms with Crippen molar-refractivity contribution in [1.82, 2.24) is 10.2 Å². The average Bonchev–Trinajstić information content (AvgIpc) is 3.12. The maximum atomic E-state index is 12.6. The Bertz CT molecular complexity index is 736. The van der Waals surface area contributed by atoms with E-state index in [1.807, 2.05) is 0 Å². The molecule has 36 heavy (non-hydrogen) atoms. The van der Waals surface area contributed by atoms with Crippen LogP contribution in [0.25, 0.3) is 0 Å². The minimum absolute atomic E-state index is 0.0329. The van der Waals surface area contributed by atoms with Gasteiger partial charge in [-0.1, -0.05) is 45.8 Å². The number of hydrogen-bond donors (Lipinski definition) is 3. The second kappa shape index (κ2) is 14.7. The molecule has 2 saturated carbocycles. The molecule has 0 aromatic heterocycles. The Balaban J connectivity index is 0.000000678. The first-order valence-corrected chi connectivity index (χ1v) is 13.9. The highest BCUT2D eigenvalue weighted by atomic mass is 16.6. The Morgan fingerprint density at radius 3 is 2.31 bits per heavy atom. The molecule has 1 aliphatic heterocycles. The standard InChI is InChI=1S/C26H46N2O2.C2H2O4/c1-5-7-14-28(15-8-6-2)16-10-13-27-19-22-21-17-23-20(3)11-9-12-26(23,4)18-24(21)30-25(22)29;3-1(4)2(5)6/h21-24,27H,3,5-19H2,1-2,4H3;(H,3,4)(H,5,6)/t21-,22?,23+,24-,26-;/m1./s1. The zero-order chi connectivity index (χ0) is 26.7. The number of carbonyl (C=O) groups excluding carboxylic acids is 1. The topological polar surface area (TPSA) is 116 Å². The van der Waals surface area contributed by atoms with E-state index in [0.717, 1.165) is 38.9 Å². The van der Waals surface area contributed by atoms with Crippen LogP contribution in [0.5, 0.6) is 0 Å². The minimum atomic E-state index is -1.82. The molecule has 0 aromatic rings. The zero-order valence-electron chi connectivity index (χ0n) is 22.6. The normalized spacial score (nSPS) is 29.1. The molecular formula is C28H48N2O6. The van der Waals surface area contributed by atoms with Crippen molar-refractivity contribution in [2.75, 3.05) is 32.7 Å². The summed E-state index contributed by atoms with van der Waals surface area (Å²) in [6.07, 6.45) is 12.2. The summed E-state index contributed by atoms with van der Waals surface area (Å²) in [6.45, 7) is 16.7. The molecule has 3 rings (SSSR count). The van der Waals surface area contributed by atoms with E-state index in [4.69, 9.17) is 24.5 Å². The molecule has 0 amide bonds. The summed E-state index contributed by atoms with van der Waals surface area (Å²) in [7, 11) is 0. The fraction of sp³-hybridized carbons (Fsp3) is 0.821. The number of allylic oxidation sites excluding steroid dienone is 1. The molecule has 5 atom stereocenters. The zero-order valence-corrected chi connectivity index (χ0v) is 22.6. The lowest BCUT2D eigenvalue weighted by molar-refractivity contribution is -0.159. The summed E-state index contributed by atoms with van der Waals surface area (Å²) in [5.41, 5.74) is 1.71. The van der Waals surface area contributed by atoms with E-state index in [9.17, 15) is 4.79 Å². The van der Waals surface area contributed by atoms with E-state index in [0.29, 0.717) is 17.3 Å². The number of carboxylic acids is 2. The first kappa shape index (κ1) is 30.3. The van der Waals surface area contributed by atoms with Gasteiger partial charge in [-0.3, -0.25) is 4.79 Å². The Hall–Kier alpha value is -1.93. The molecule has 3 N–H and O–H groups in total. The molecule has 3 aliphatic rings. The van der Waals surface area contributed by atoms with E-state index < -0.39 is 11.9 Å². The number of carboxylic acid groups (broad SMARTS) is 2. The molecule has 1 unspecified atom stereocenters. The van der Waals surface area contributed by atoms with Crippen LogP contribution in [-0.2, 0) is 19.1 Å². The predicted octanol–water partition coefficient (Wildman–Crippen LogP) is 4.34. The highest BCUT2D eigenvalue weighted by molar-refractivity contribution is 6.27. The third-order valence-corrected chi connectivity index (χ3v) is 8.35. The van der Waals surface area contributed by atoms with Gasteiger partial charge >= 0.3 is 17.9 Å². The van der Waals surface area contributed by atoms with Gasteiger partial charge in [-0.2, -0.15) is 0 Å². The summed E-state index contributed by atoms with van der Waals surface area (Å²) < 4.78 is 5.89. The van der Waals surface area contributed by atoms with E-state index in [2.05, 4.69) is 37.6 Å². The smallest absolute Gasteiger partial charge is 0.414 e. The van der Waals surface area contributed by atoms with Crippen LogP contribution in [0.3, 0.4) is 0 Å². The third kappa shape index (κ3) is 8.58. The van der Waals surface area contributed by atoms with Crippen molar-refractivity contribution in [3.05, 3.63) is 12.2 Å². The van der Waals surface area contributed by atoms with Gasteiger partial charge in [0.1, 0.15) is 6.10 Å². The number of rotatable bonds is 12. The Morgan fingerprint density at radius 2 is 1.72 bits per heavy atom. The van der Waals surface area contributed by atoms with Crippen molar-refractivity contribution in [2.24, 2.45) is 23.2 Å². The Labute approximate surface area is 216 Å². The largest absolute Gasteiger partial charge is 0.473 e. The van der Waals surface area contributed by atoms with Crippen LogP contribution in [0.1, 0.15) is 85.0 Å². The Morgan fingerprint density at radius 1 is 1.11 bits per heavy atom. The summed E-state index contributed by atoms with van der Waals surface area (Å²) in [4.78, 5) is 33.5. The van der Waals surface area contributed by atoms with E-state index in [1.54, 1.807) is 0 Å². The summed E-state index contributed by atoms with van der Waals surface area (Å²) in [5, 5.41) is 18.4. The molecule has 0 spiro atoms. The van der Waals surface area contributed by atoms with Crippen LogP contribution in [0.2, 0.25) is 0 Å².